The zero-order valence-electron chi connectivity index (χ0n) is 15.2. The molecule has 2 N–H and O–H groups in total. The maximum Gasteiger partial charge on any atom is 0.191 e. The molecular formula is C20H24N4O2. The molecule has 0 saturated heterocycles. The van der Waals surface area contributed by atoms with E-state index in [1.165, 1.54) is 0 Å². The molecule has 6 nitrogen and oxygen atoms in total. The van der Waals surface area contributed by atoms with Crippen LogP contribution in [0, 0.1) is 6.92 Å². The molecule has 26 heavy (non-hydrogen) atoms. The predicted molar refractivity (Wildman–Crippen MR) is 104 cm³/mol. The molecule has 0 aliphatic carbocycles. The number of nitrogens with zero attached hydrogens (tertiary/aromatic N) is 2. The number of pyridine rings is 1. The van der Waals surface area contributed by atoms with Gasteiger partial charge in [0, 0.05) is 23.7 Å². The SMILES string of the molecule is CCNC(=NCc1oc2ccccc2c1C)NCCOc1cccnc1. The van der Waals surface area contributed by atoms with Gasteiger partial charge in [0.2, 0.25) is 0 Å². The summed E-state index contributed by atoms with van der Waals surface area (Å²) >= 11 is 0. The Kier molecular flexibility index (Phi) is 6.09. The van der Waals surface area contributed by atoms with Gasteiger partial charge >= 0.3 is 0 Å². The number of hydrogen-bond donors (Lipinski definition) is 2. The van der Waals surface area contributed by atoms with Crippen LogP contribution in [0.1, 0.15) is 18.2 Å². The highest BCUT2D eigenvalue weighted by Crippen LogP contribution is 2.25. The Hall–Kier alpha value is -3.02. The van der Waals surface area contributed by atoms with Crippen molar-refractivity contribution in [3.05, 3.63) is 60.1 Å². The Balaban J connectivity index is 1.57. The second-order valence-electron chi connectivity index (χ2n) is 5.81. The average Bonchev–Trinajstić information content (AvgIpc) is 3.00. The normalized spacial score (nSPS) is 11.5. The van der Waals surface area contributed by atoms with E-state index in [-0.39, 0.29) is 0 Å². The highest BCUT2D eigenvalue weighted by Gasteiger charge is 2.09. The lowest BCUT2D eigenvalue weighted by molar-refractivity contribution is 0.320. The molecule has 0 fully saturated rings. The van der Waals surface area contributed by atoms with E-state index in [0.717, 1.165) is 40.5 Å². The fourth-order valence-electron chi connectivity index (χ4n) is 2.64. The molecule has 0 aliphatic rings. The average molecular weight is 352 g/mol. The standard InChI is InChI=1S/C20H24N4O2/c1-3-22-20(23-11-12-25-16-7-6-10-21-13-16)24-14-19-15(2)17-8-4-5-9-18(17)26-19/h4-10,13H,3,11-12,14H2,1-2H3,(H2,22,23,24). The highest BCUT2D eigenvalue weighted by atomic mass is 16.5. The first-order chi connectivity index (χ1) is 12.8. The summed E-state index contributed by atoms with van der Waals surface area (Å²) in [5.74, 6) is 2.38. The second-order valence-corrected chi connectivity index (χ2v) is 5.81. The number of furan rings is 1. The largest absolute Gasteiger partial charge is 0.490 e. The lowest BCUT2D eigenvalue weighted by Gasteiger charge is -2.11. The molecule has 6 heteroatoms. The Morgan fingerprint density at radius 2 is 2.08 bits per heavy atom. The molecule has 0 spiro atoms. The Bertz CT molecular complexity index is 859. The van der Waals surface area contributed by atoms with Crippen molar-refractivity contribution in [3.63, 3.8) is 0 Å². The Morgan fingerprint density at radius 3 is 2.85 bits per heavy atom. The molecule has 0 saturated carbocycles. The van der Waals surface area contributed by atoms with E-state index in [1.54, 1.807) is 12.4 Å². The highest BCUT2D eigenvalue weighted by molar-refractivity contribution is 5.82. The van der Waals surface area contributed by atoms with E-state index in [4.69, 9.17) is 9.15 Å². The number of para-hydroxylation sites is 1. The number of rotatable bonds is 7. The van der Waals surface area contributed by atoms with Crippen LogP contribution in [0.3, 0.4) is 0 Å². The molecule has 0 unspecified atom stereocenters. The van der Waals surface area contributed by atoms with Crippen molar-refractivity contribution in [1.82, 2.24) is 15.6 Å². The quantitative estimate of drug-likeness (QED) is 0.388. The first-order valence-corrected chi connectivity index (χ1v) is 8.80. The van der Waals surface area contributed by atoms with Gasteiger partial charge in [0.15, 0.2) is 5.96 Å². The smallest absolute Gasteiger partial charge is 0.191 e. The second kappa shape index (κ2) is 8.89. The van der Waals surface area contributed by atoms with E-state index in [9.17, 15) is 0 Å². The number of aromatic nitrogens is 1. The lowest BCUT2D eigenvalue weighted by Crippen LogP contribution is -2.39. The zero-order chi connectivity index (χ0) is 18.2. The molecule has 1 aromatic carbocycles. The van der Waals surface area contributed by atoms with Gasteiger partial charge in [-0.3, -0.25) is 4.98 Å². The monoisotopic (exact) mass is 352 g/mol. The van der Waals surface area contributed by atoms with Crippen molar-refractivity contribution in [2.75, 3.05) is 19.7 Å². The minimum atomic E-state index is 0.485. The maximum atomic E-state index is 5.92. The lowest BCUT2D eigenvalue weighted by atomic mass is 10.1. The molecule has 3 rings (SSSR count). The molecule has 3 aromatic rings. The number of aryl methyl sites for hydroxylation is 1. The minimum absolute atomic E-state index is 0.485. The van der Waals surface area contributed by atoms with Crippen LogP contribution in [0.25, 0.3) is 11.0 Å². The molecule has 0 bridgehead atoms. The number of aliphatic imine (C=N–C) groups is 1. The van der Waals surface area contributed by atoms with Gasteiger partial charge < -0.3 is 19.8 Å². The van der Waals surface area contributed by atoms with E-state index in [1.807, 2.05) is 37.3 Å². The van der Waals surface area contributed by atoms with Crippen LogP contribution in [-0.2, 0) is 6.54 Å². The van der Waals surface area contributed by atoms with E-state index in [0.29, 0.717) is 19.7 Å². The van der Waals surface area contributed by atoms with Crippen molar-refractivity contribution in [3.8, 4) is 5.75 Å². The van der Waals surface area contributed by atoms with Gasteiger partial charge in [-0.25, -0.2) is 4.99 Å². The van der Waals surface area contributed by atoms with Crippen LogP contribution in [0.2, 0.25) is 0 Å². The summed E-state index contributed by atoms with van der Waals surface area (Å²) in [5, 5.41) is 7.64. The molecule has 136 valence electrons. The summed E-state index contributed by atoms with van der Waals surface area (Å²) in [5.41, 5.74) is 2.04. The Labute approximate surface area is 153 Å². The number of guanidine groups is 1. The molecule has 2 heterocycles. The summed E-state index contributed by atoms with van der Waals surface area (Å²) in [6, 6.07) is 11.8. The van der Waals surface area contributed by atoms with Gasteiger partial charge in [-0.2, -0.15) is 0 Å². The van der Waals surface area contributed by atoms with Crippen LogP contribution < -0.4 is 15.4 Å². The number of hydrogen-bond acceptors (Lipinski definition) is 4. The van der Waals surface area contributed by atoms with Crippen LogP contribution >= 0.6 is 0 Å². The number of fused-ring (bicyclic) bond motifs is 1. The predicted octanol–water partition coefficient (Wildman–Crippen LogP) is 3.27. The molecule has 0 aliphatic heterocycles. The Morgan fingerprint density at radius 1 is 1.19 bits per heavy atom. The van der Waals surface area contributed by atoms with Gasteiger partial charge in [-0.1, -0.05) is 18.2 Å². The molecular weight excluding hydrogens is 328 g/mol. The van der Waals surface area contributed by atoms with Crippen LogP contribution in [-0.4, -0.2) is 30.6 Å². The molecule has 0 radical (unpaired) electrons. The van der Waals surface area contributed by atoms with Crippen molar-refractivity contribution in [2.45, 2.75) is 20.4 Å². The van der Waals surface area contributed by atoms with E-state index >= 15 is 0 Å². The summed E-state index contributed by atoms with van der Waals surface area (Å²) in [7, 11) is 0. The van der Waals surface area contributed by atoms with Crippen LogP contribution in [0.15, 0.2) is 58.2 Å². The van der Waals surface area contributed by atoms with E-state index < -0.39 is 0 Å². The molecule has 0 atom stereocenters. The van der Waals surface area contributed by atoms with Gasteiger partial charge in [-0.15, -0.1) is 0 Å². The number of benzene rings is 1. The molecule has 2 aromatic heterocycles. The summed E-state index contributed by atoms with van der Waals surface area (Å²) in [6.45, 7) is 6.54. The van der Waals surface area contributed by atoms with Crippen molar-refractivity contribution in [2.24, 2.45) is 4.99 Å². The number of nitrogens with one attached hydrogen (secondary N) is 2. The van der Waals surface area contributed by atoms with Crippen molar-refractivity contribution in [1.29, 1.82) is 0 Å². The summed E-state index contributed by atoms with van der Waals surface area (Å²) in [4.78, 5) is 8.64. The minimum Gasteiger partial charge on any atom is -0.490 e. The topological polar surface area (TPSA) is 71.7 Å². The summed E-state index contributed by atoms with van der Waals surface area (Å²) in [6.07, 6.45) is 3.42. The van der Waals surface area contributed by atoms with Crippen molar-refractivity contribution >= 4 is 16.9 Å². The molecule has 0 amide bonds. The zero-order valence-corrected chi connectivity index (χ0v) is 15.2. The number of ether oxygens (including phenoxy) is 1. The van der Waals surface area contributed by atoms with Gasteiger partial charge in [0.1, 0.15) is 30.2 Å². The van der Waals surface area contributed by atoms with Crippen LogP contribution in [0.4, 0.5) is 0 Å². The fourth-order valence-corrected chi connectivity index (χ4v) is 2.64. The fraction of sp³-hybridized carbons (Fsp3) is 0.300. The first kappa shape index (κ1) is 17.8. The first-order valence-electron chi connectivity index (χ1n) is 8.80. The third-order valence-corrected chi connectivity index (χ3v) is 3.97. The van der Waals surface area contributed by atoms with Gasteiger partial charge in [0.05, 0.1) is 12.7 Å². The third-order valence-electron chi connectivity index (χ3n) is 3.97. The van der Waals surface area contributed by atoms with Gasteiger partial charge in [0.25, 0.3) is 0 Å². The van der Waals surface area contributed by atoms with Crippen molar-refractivity contribution < 1.29 is 9.15 Å². The van der Waals surface area contributed by atoms with Crippen LogP contribution in [0.5, 0.6) is 5.75 Å². The van der Waals surface area contributed by atoms with E-state index in [2.05, 4.69) is 33.6 Å². The summed E-state index contributed by atoms with van der Waals surface area (Å²) < 4.78 is 11.5. The van der Waals surface area contributed by atoms with Gasteiger partial charge in [-0.05, 0) is 32.0 Å². The third kappa shape index (κ3) is 4.53. The maximum absolute atomic E-state index is 5.92.